The minimum atomic E-state index is -7.95. The molecule has 0 atom stereocenters. The van der Waals surface area contributed by atoms with Crippen molar-refractivity contribution in [2.24, 2.45) is 0 Å². The van der Waals surface area contributed by atoms with E-state index in [1.807, 2.05) is 0 Å². The molecule has 0 saturated carbocycles. The molecule has 0 heterocycles. The summed E-state index contributed by atoms with van der Waals surface area (Å²) in [5, 5.41) is 0. The Bertz CT molecular complexity index is 660. The maximum atomic E-state index is 13.4. The fourth-order valence-electron chi connectivity index (χ4n) is 1.52. The van der Waals surface area contributed by atoms with Crippen LogP contribution in [-0.4, -0.2) is 36.0 Å². The second-order valence-corrected chi connectivity index (χ2v) is 5.06. The Kier molecular flexibility index (Phi) is 5.43. The molecular weight excluding hydrogens is 419 g/mol. The number of ether oxygens (including phenoxy) is 1. The van der Waals surface area contributed by atoms with E-state index < -0.39 is 41.7 Å². The molecule has 0 aliphatic carbocycles. The third-order valence-corrected chi connectivity index (χ3v) is 3.07. The molecule has 0 unspecified atom stereocenters. The lowest BCUT2D eigenvalue weighted by atomic mass is 9.97. The molecule has 1 aromatic carbocycles. The Morgan fingerprint density at radius 1 is 0.556 bits per heavy atom. The van der Waals surface area contributed by atoms with E-state index in [1.54, 1.807) is 0 Å². The molecule has 27 heavy (non-hydrogen) atoms. The summed E-state index contributed by atoms with van der Waals surface area (Å²) in [6.07, 6.45) is -14.1. The number of alkyl halides is 13. The van der Waals surface area contributed by atoms with Gasteiger partial charge in [-0.25, -0.2) is 0 Å². The lowest BCUT2D eigenvalue weighted by Crippen LogP contribution is -2.70. The zero-order valence-corrected chi connectivity index (χ0v) is 12.3. The number of rotatable bonds is 6. The first kappa shape index (κ1) is 23.1. The SMILES string of the molecule is [CH2]c1ccc(OC(F)(F)C(F)(F)C(F)(F)C(F)(F)C(F)(F)C(F)(F)F)cc1. The monoisotopic (exact) mass is 425 g/mol. The van der Waals surface area contributed by atoms with Gasteiger partial charge in [0, 0.05) is 0 Å². The van der Waals surface area contributed by atoms with Gasteiger partial charge in [-0.15, -0.1) is 0 Å². The molecule has 0 bridgehead atoms. The van der Waals surface area contributed by atoms with Gasteiger partial charge < -0.3 is 4.74 Å². The summed E-state index contributed by atoms with van der Waals surface area (Å²) in [7, 11) is 0. The van der Waals surface area contributed by atoms with Gasteiger partial charge >= 0.3 is 36.0 Å². The number of hydrogen-bond acceptors (Lipinski definition) is 1. The van der Waals surface area contributed by atoms with Gasteiger partial charge in [0.2, 0.25) is 0 Å². The highest BCUT2D eigenvalue weighted by Gasteiger charge is 2.91. The number of hydrogen-bond donors (Lipinski definition) is 0. The molecule has 0 aliphatic rings. The normalized spacial score (nSPS) is 15.0. The Morgan fingerprint density at radius 2 is 0.926 bits per heavy atom. The van der Waals surface area contributed by atoms with Crippen LogP contribution in [0, 0.1) is 6.92 Å². The van der Waals surface area contributed by atoms with Crippen molar-refractivity contribution >= 4 is 0 Å². The molecule has 0 amide bonds. The second kappa shape index (κ2) is 6.33. The topological polar surface area (TPSA) is 9.23 Å². The van der Waals surface area contributed by atoms with Crippen molar-refractivity contribution in [3.8, 4) is 5.75 Å². The zero-order valence-electron chi connectivity index (χ0n) is 12.3. The van der Waals surface area contributed by atoms with Crippen molar-refractivity contribution < 1.29 is 61.8 Å². The van der Waals surface area contributed by atoms with Gasteiger partial charge in [0.15, 0.2) is 0 Å². The van der Waals surface area contributed by atoms with E-state index in [1.165, 1.54) is 0 Å². The number of benzene rings is 1. The molecule has 0 spiro atoms. The van der Waals surface area contributed by atoms with Crippen molar-refractivity contribution in [1.82, 2.24) is 0 Å². The first-order chi connectivity index (χ1) is 11.7. The minimum absolute atomic E-state index is 0.0825. The van der Waals surface area contributed by atoms with Crippen LogP contribution in [0.4, 0.5) is 57.1 Å². The largest absolute Gasteiger partial charge is 0.471 e. The molecule has 14 heteroatoms. The third-order valence-electron chi connectivity index (χ3n) is 3.07. The molecule has 0 saturated heterocycles. The van der Waals surface area contributed by atoms with Gasteiger partial charge in [0.25, 0.3) is 0 Å². The lowest BCUT2D eigenvalue weighted by molar-refractivity contribution is -0.456. The minimum Gasteiger partial charge on any atom is -0.428 e. The standard InChI is InChI=1S/C13H6F13O/c1-6-2-4-7(5-3-6)27-13(25,26)11(20,21)9(16,17)8(14,15)10(18,19)12(22,23)24/h2-5H,1H2. The molecular formula is C13H6F13O. The van der Waals surface area contributed by atoms with Crippen molar-refractivity contribution in [1.29, 1.82) is 0 Å². The van der Waals surface area contributed by atoms with E-state index in [0.29, 0.717) is 12.1 Å². The van der Waals surface area contributed by atoms with Crippen LogP contribution >= 0.6 is 0 Å². The summed E-state index contributed by atoms with van der Waals surface area (Å²) in [5.41, 5.74) is 0.0825. The summed E-state index contributed by atoms with van der Waals surface area (Å²) >= 11 is 0. The maximum Gasteiger partial charge on any atom is 0.471 e. The maximum absolute atomic E-state index is 13.4. The van der Waals surface area contributed by atoms with Crippen LogP contribution in [0.1, 0.15) is 5.56 Å². The molecule has 1 rings (SSSR count). The van der Waals surface area contributed by atoms with Crippen LogP contribution in [0.15, 0.2) is 24.3 Å². The van der Waals surface area contributed by atoms with E-state index in [4.69, 9.17) is 0 Å². The average molecular weight is 425 g/mol. The van der Waals surface area contributed by atoms with E-state index in [0.717, 1.165) is 12.1 Å². The van der Waals surface area contributed by atoms with E-state index >= 15 is 0 Å². The highest BCUT2D eigenvalue weighted by atomic mass is 19.4. The fourth-order valence-corrected chi connectivity index (χ4v) is 1.52. The Hall–Kier alpha value is -1.89. The van der Waals surface area contributed by atoms with Gasteiger partial charge in [0.1, 0.15) is 5.75 Å². The molecule has 1 radical (unpaired) electrons. The highest BCUT2D eigenvalue weighted by Crippen LogP contribution is 2.60. The molecule has 0 N–H and O–H groups in total. The third kappa shape index (κ3) is 3.49. The molecule has 0 aromatic heterocycles. The summed E-state index contributed by atoms with van der Waals surface area (Å²) in [4.78, 5) is 0. The van der Waals surface area contributed by atoms with Crippen LogP contribution in [0.3, 0.4) is 0 Å². The van der Waals surface area contributed by atoms with E-state index in [9.17, 15) is 57.1 Å². The van der Waals surface area contributed by atoms with Gasteiger partial charge in [-0.05, 0) is 24.6 Å². The number of halogens is 13. The highest BCUT2D eigenvalue weighted by molar-refractivity contribution is 5.29. The summed E-state index contributed by atoms with van der Waals surface area (Å²) in [6.45, 7) is 3.23. The molecule has 0 fully saturated rings. The predicted octanol–water partition coefficient (Wildman–Crippen LogP) is 5.94. The smallest absolute Gasteiger partial charge is 0.428 e. The molecule has 1 nitrogen and oxygen atoms in total. The second-order valence-electron chi connectivity index (χ2n) is 5.06. The summed E-state index contributed by atoms with van der Waals surface area (Å²) < 4.78 is 170. The predicted molar refractivity (Wildman–Crippen MR) is 62.3 cm³/mol. The molecule has 1 aromatic rings. The quantitative estimate of drug-likeness (QED) is 0.513. The Balaban J connectivity index is 3.38. The van der Waals surface area contributed by atoms with Crippen LogP contribution in [0.25, 0.3) is 0 Å². The fraction of sp³-hybridized carbons (Fsp3) is 0.462. The van der Waals surface area contributed by atoms with Crippen LogP contribution < -0.4 is 4.74 Å². The first-order valence-electron chi connectivity index (χ1n) is 6.29. The van der Waals surface area contributed by atoms with Crippen LogP contribution in [0.5, 0.6) is 5.75 Å². The molecule has 155 valence electrons. The van der Waals surface area contributed by atoms with Crippen LogP contribution in [0.2, 0.25) is 0 Å². The zero-order chi connectivity index (χ0) is 21.7. The van der Waals surface area contributed by atoms with Crippen molar-refractivity contribution in [3.05, 3.63) is 36.8 Å². The summed E-state index contributed by atoms with van der Waals surface area (Å²) in [6, 6.07) is 2.56. The van der Waals surface area contributed by atoms with Gasteiger partial charge in [-0.1, -0.05) is 12.1 Å². The van der Waals surface area contributed by atoms with Gasteiger partial charge in [-0.3, -0.25) is 0 Å². The molecule has 0 aliphatic heterocycles. The van der Waals surface area contributed by atoms with Crippen molar-refractivity contribution in [2.75, 3.05) is 0 Å². The average Bonchev–Trinajstić information content (AvgIpc) is 2.47. The van der Waals surface area contributed by atoms with Crippen molar-refractivity contribution in [2.45, 2.75) is 36.0 Å². The van der Waals surface area contributed by atoms with E-state index in [2.05, 4.69) is 11.7 Å². The lowest BCUT2D eigenvalue weighted by Gasteiger charge is -2.39. The van der Waals surface area contributed by atoms with E-state index in [-0.39, 0.29) is 5.56 Å². The first-order valence-corrected chi connectivity index (χ1v) is 6.29. The van der Waals surface area contributed by atoms with Crippen LogP contribution in [-0.2, 0) is 0 Å². The van der Waals surface area contributed by atoms with Gasteiger partial charge in [-0.2, -0.15) is 57.1 Å². The Labute approximate surface area is 141 Å². The van der Waals surface area contributed by atoms with Gasteiger partial charge in [0.05, 0.1) is 0 Å². The van der Waals surface area contributed by atoms with Crippen molar-refractivity contribution in [3.63, 3.8) is 0 Å². The summed E-state index contributed by atoms with van der Waals surface area (Å²) in [5.74, 6) is -32.4. The Morgan fingerprint density at radius 3 is 1.30 bits per heavy atom.